The van der Waals surface area contributed by atoms with Crippen LogP contribution >= 0.6 is 31.0 Å². The molecule has 33 heavy (non-hydrogen) atoms. The minimum atomic E-state index is -2.31. The molecule has 4 aromatic carbocycles. The van der Waals surface area contributed by atoms with Gasteiger partial charge in [-0.25, -0.2) is 0 Å². The fourth-order valence-electron chi connectivity index (χ4n) is 3.74. The molecular weight excluding hydrogens is 461 g/mol. The third kappa shape index (κ3) is 5.47. The van der Waals surface area contributed by atoms with Crippen LogP contribution in [0.15, 0.2) is 120 Å². The third-order valence-electron chi connectivity index (χ3n) is 5.25. The van der Waals surface area contributed by atoms with Crippen molar-refractivity contribution in [3.05, 3.63) is 121 Å². The first-order chi connectivity index (χ1) is 16.2. The van der Waals surface area contributed by atoms with Crippen LogP contribution < -0.4 is 15.9 Å². The Hall–Kier alpha value is -2.65. The number of ether oxygens (including phenoxy) is 1. The Morgan fingerprint density at radius 2 is 1.18 bits per heavy atom. The van der Waals surface area contributed by atoms with Gasteiger partial charge in [0.05, 0.1) is 19.3 Å². The molecule has 4 aromatic rings. The Morgan fingerprint density at radius 3 is 1.67 bits per heavy atom. The second kappa shape index (κ2) is 11.5. The summed E-state index contributed by atoms with van der Waals surface area (Å²) in [6.07, 6.45) is 0. The van der Waals surface area contributed by atoms with Crippen LogP contribution in [-0.2, 0) is 10.5 Å². The van der Waals surface area contributed by atoms with Crippen LogP contribution in [0.5, 0.6) is 0 Å². The van der Waals surface area contributed by atoms with Crippen molar-refractivity contribution in [3.8, 4) is 0 Å². The van der Waals surface area contributed by atoms with Crippen LogP contribution in [0.1, 0.15) is 12.5 Å². The van der Waals surface area contributed by atoms with Crippen molar-refractivity contribution in [2.75, 3.05) is 6.61 Å². The second-order valence-corrected chi connectivity index (χ2v) is 11.9. The van der Waals surface area contributed by atoms with Crippen LogP contribution in [-0.4, -0.2) is 11.0 Å². The average molecular weight is 488 g/mol. The first kappa shape index (κ1) is 23.5. The molecule has 0 aromatic heterocycles. The fourth-order valence-corrected chi connectivity index (χ4v) is 8.32. The molecule has 0 spiro atoms. The number of rotatable bonds is 7. The minimum absolute atomic E-state index is 0.572. The highest BCUT2D eigenvalue weighted by atomic mass is 32.2. The van der Waals surface area contributed by atoms with E-state index in [0.29, 0.717) is 11.0 Å². The highest BCUT2D eigenvalue weighted by Crippen LogP contribution is 2.49. The number of hydrogen-bond acceptors (Lipinski definition) is 4. The lowest BCUT2D eigenvalue weighted by atomic mass is 10.2. The Morgan fingerprint density at radius 1 is 0.727 bits per heavy atom. The first-order valence-electron chi connectivity index (χ1n) is 10.9. The number of thioether (sulfide) groups is 1. The SMILES string of the molecule is CCOC(=S)SCc1ccccc1N=P(c1ccccc1)(c1ccccc1)c1ccccc1. The van der Waals surface area contributed by atoms with E-state index in [1.54, 1.807) is 11.8 Å². The maximum atomic E-state index is 5.64. The van der Waals surface area contributed by atoms with Crippen molar-refractivity contribution in [3.63, 3.8) is 0 Å². The Kier molecular flexibility index (Phi) is 8.17. The summed E-state index contributed by atoms with van der Waals surface area (Å²) in [6, 6.07) is 40.4. The molecular formula is C28H26NOPS2. The Bertz CT molecular complexity index is 1140. The smallest absolute Gasteiger partial charge is 0.220 e. The van der Waals surface area contributed by atoms with E-state index in [1.807, 2.05) is 6.92 Å². The molecule has 166 valence electrons. The summed E-state index contributed by atoms with van der Waals surface area (Å²) in [5.41, 5.74) is 2.14. The lowest BCUT2D eigenvalue weighted by molar-refractivity contribution is 0.346. The molecule has 0 saturated heterocycles. The van der Waals surface area contributed by atoms with Gasteiger partial charge in [-0.3, -0.25) is 4.74 Å². The minimum Gasteiger partial charge on any atom is -0.479 e. The molecule has 0 heterocycles. The summed E-state index contributed by atoms with van der Waals surface area (Å²) < 4.78 is 11.7. The summed E-state index contributed by atoms with van der Waals surface area (Å²) in [5.74, 6) is 0.719. The summed E-state index contributed by atoms with van der Waals surface area (Å²) in [7, 11) is -2.31. The van der Waals surface area contributed by atoms with Crippen molar-refractivity contribution in [1.82, 2.24) is 0 Å². The average Bonchev–Trinajstić information content (AvgIpc) is 2.88. The number of thiocarbonyl (C=S) groups is 1. The molecule has 0 fully saturated rings. The summed E-state index contributed by atoms with van der Waals surface area (Å²) in [6.45, 7) is 2.54. The maximum absolute atomic E-state index is 5.64. The Labute approximate surface area is 206 Å². The van der Waals surface area contributed by atoms with Crippen molar-refractivity contribution < 1.29 is 4.74 Å². The highest BCUT2D eigenvalue weighted by Gasteiger charge is 2.27. The van der Waals surface area contributed by atoms with Gasteiger partial charge < -0.3 is 4.74 Å². The van der Waals surface area contributed by atoms with Crippen LogP contribution in [0, 0.1) is 0 Å². The van der Waals surface area contributed by atoms with E-state index in [9.17, 15) is 0 Å². The van der Waals surface area contributed by atoms with Crippen molar-refractivity contribution in [1.29, 1.82) is 0 Å². The van der Waals surface area contributed by atoms with Gasteiger partial charge in [0.15, 0.2) is 0 Å². The molecule has 0 atom stereocenters. The van der Waals surface area contributed by atoms with Gasteiger partial charge >= 0.3 is 0 Å². The second-order valence-electron chi connectivity index (χ2n) is 7.34. The monoisotopic (exact) mass is 487 g/mol. The fraction of sp³-hybridized carbons (Fsp3) is 0.107. The molecule has 4 rings (SSSR count). The van der Waals surface area contributed by atoms with Crippen LogP contribution in [0.3, 0.4) is 0 Å². The summed E-state index contributed by atoms with van der Waals surface area (Å²) in [5, 5.41) is 3.69. The van der Waals surface area contributed by atoms with E-state index in [1.165, 1.54) is 15.9 Å². The molecule has 0 unspecified atom stereocenters. The molecule has 0 N–H and O–H groups in total. The zero-order valence-corrected chi connectivity index (χ0v) is 21.0. The van der Waals surface area contributed by atoms with Gasteiger partial charge in [0.25, 0.3) is 0 Å². The van der Waals surface area contributed by atoms with Gasteiger partial charge in [0.1, 0.15) is 0 Å². The van der Waals surface area contributed by atoms with E-state index in [2.05, 4.69) is 115 Å². The zero-order chi connectivity index (χ0) is 22.9. The van der Waals surface area contributed by atoms with Gasteiger partial charge in [-0.1, -0.05) is 121 Å². The van der Waals surface area contributed by atoms with Crippen molar-refractivity contribution >= 4 is 57.0 Å². The summed E-state index contributed by atoms with van der Waals surface area (Å²) in [4.78, 5) is 0. The van der Waals surface area contributed by atoms with Crippen molar-refractivity contribution in [2.45, 2.75) is 12.7 Å². The quantitative estimate of drug-likeness (QED) is 0.206. The van der Waals surface area contributed by atoms with Crippen molar-refractivity contribution in [2.24, 2.45) is 4.74 Å². The molecule has 2 nitrogen and oxygen atoms in total. The van der Waals surface area contributed by atoms with Crippen LogP contribution in [0.2, 0.25) is 0 Å². The van der Waals surface area contributed by atoms with E-state index >= 15 is 0 Å². The van der Waals surface area contributed by atoms with E-state index in [4.69, 9.17) is 21.7 Å². The van der Waals surface area contributed by atoms with Gasteiger partial charge in [-0.2, -0.15) is 0 Å². The molecule has 0 bridgehead atoms. The van der Waals surface area contributed by atoms with E-state index in [-0.39, 0.29) is 0 Å². The third-order valence-corrected chi connectivity index (χ3v) is 10.2. The summed E-state index contributed by atoms with van der Waals surface area (Å²) >= 11 is 6.90. The van der Waals surface area contributed by atoms with Crippen LogP contribution in [0.25, 0.3) is 0 Å². The number of nitrogens with zero attached hydrogens (tertiary/aromatic N) is 1. The zero-order valence-electron chi connectivity index (χ0n) is 18.5. The molecule has 0 radical (unpaired) electrons. The van der Waals surface area contributed by atoms with Gasteiger partial charge in [-0.15, -0.1) is 0 Å². The lowest BCUT2D eigenvalue weighted by Gasteiger charge is -2.27. The number of benzene rings is 4. The van der Waals surface area contributed by atoms with Gasteiger partial charge in [0.2, 0.25) is 4.38 Å². The van der Waals surface area contributed by atoms with E-state index < -0.39 is 7.05 Å². The number of hydrogen-bond donors (Lipinski definition) is 0. The molecule has 0 amide bonds. The topological polar surface area (TPSA) is 21.6 Å². The molecule has 0 aliphatic carbocycles. The van der Waals surface area contributed by atoms with Gasteiger partial charge in [-0.05, 0) is 30.8 Å². The van der Waals surface area contributed by atoms with Crippen LogP contribution in [0.4, 0.5) is 5.69 Å². The van der Waals surface area contributed by atoms with Gasteiger partial charge in [0, 0.05) is 21.7 Å². The normalized spacial score (nSPS) is 11.1. The molecule has 0 aliphatic heterocycles. The molecule has 0 saturated carbocycles. The standard InChI is InChI=1S/C28H26NOPS2/c1-2-30-28(32)33-22-23-14-12-13-21-27(23)29-31(24-15-6-3-7-16-24,25-17-8-4-9-18-25)26-19-10-5-11-20-26/h3-21H,2,22H2,1H3. The molecule has 0 aliphatic rings. The Balaban J connectivity index is 1.97. The first-order valence-corrected chi connectivity index (χ1v) is 14.0. The van der Waals surface area contributed by atoms with E-state index in [0.717, 1.165) is 17.0 Å². The largest absolute Gasteiger partial charge is 0.479 e. The predicted molar refractivity (Wildman–Crippen MR) is 149 cm³/mol. The highest BCUT2D eigenvalue weighted by molar-refractivity contribution is 8.22. The molecule has 5 heteroatoms. The predicted octanol–water partition coefficient (Wildman–Crippen LogP) is 7.05. The lowest BCUT2D eigenvalue weighted by Crippen LogP contribution is -2.25. The maximum Gasteiger partial charge on any atom is 0.220 e.